The molecule has 1 aromatic rings. The minimum Gasteiger partial charge on any atom is -0.465 e. The van der Waals surface area contributed by atoms with Crippen LogP contribution >= 0.6 is 0 Å². The smallest absolute Gasteiger partial charge is 0.407 e. The standard InChI is InChI=1S/C13H13N3O2/c1-10-14-8-12(9-15-10)3-2-11-4-6-16(7-5-11)13(17)18/h4,8-9H,5-7H2,1H3,(H,17,18). The first-order valence-electron chi connectivity index (χ1n) is 5.63. The number of nitrogens with zero attached hydrogens (tertiary/aromatic N) is 3. The van der Waals surface area contributed by atoms with Crippen molar-refractivity contribution in [1.82, 2.24) is 14.9 Å². The van der Waals surface area contributed by atoms with Crippen LogP contribution in [-0.4, -0.2) is 39.2 Å². The molecule has 0 atom stereocenters. The zero-order chi connectivity index (χ0) is 13.0. The molecule has 0 saturated heterocycles. The average molecular weight is 243 g/mol. The van der Waals surface area contributed by atoms with Gasteiger partial charge in [0.1, 0.15) is 5.82 Å². The van der Waals surface area contributed by atoms with Crippen LogP contribution in [0.5, 0.6) is 0 Å². The van der Waals surface area contributed by atoms with E-state index in [1.807, 2.05) is 13.0 Å². The molecule has 1 aromatic heterocycles. The molecule has 18 heavy (non-hydrogen) atoms. The van der Waals surface area contributed by atoms with Gasteiger partial charge in [0.15, 0.2) is 0 Å². The van der Waals surface area contributed by atoms with Crippen molar-refractivity contribution in [3.05, 3.63) is 35.4 Å². The summed E-state index contributed by atoms with van der Waals surface area (Å²) in [6, 6.07) is 0. The zero-order valence-electron chi connectivity index (χ0n) is 10.1. The predicted molar refractivity (Wildman–Crippen MR) is 65.9 cm³/mol. The van der Waals surface area contributed by atoms with Crippen LogP contribution < -0.4 is 0 Å². The van der Waals surface area contributed by atoms with Gasteiger partial charge < -0.3 is 10.0 Å². The van der Waals surface area contributed by atoms with Gasteiger partial charge in [-0.2, -0.15) is 0 Å². The first-order valence-corrected chi connectivity index (χ1v) is 5.63. The third kappa shape index (κ3) is 3.08. The molecule has 1 aliphatic rings. The summed E-state index contributed by atoms with van der Waals surface area (Å²) >= 11 is 0. The molecule has 0 saturated carbocycles. The van der Waals surface area contributed by atoms with E-state index in [0.29, 0.717) is 19.5 Å². The number of aryl methyl sites for hydroxylation is 1. The molecule has 1 aliphatic heterocycles. The Kier molecular flexibility index (Phi) is 3.58. The molecule has 0 bridgehead atoms. The van der Waals surface area contributed by atoms with E-state index in [9.17, 15) is 4.79 Å². The molecule has 0 fully saturated rings. The monoisotopic (exact) mass is 243 g/mol. The Morgan fingerprint density at radius 3 is 2.67 bits per heavy atom. The highest BCUT2D eigenvalue weighted by Crippen LogP contribution is 2.09. The Balaban J connectivity index is 2.03. The first kappa shape index (κ1) is 12.1. The van der Waals surface area contributed by atoms with E-state index in [2.05, 4.69) is 21.8 Å². The van der Waals surface area contributed by atoms with Gasteiger partial charge in [0.25, 0.3) is 0 Å². The fourth-order valence-corrected chi connectivity index (χ4v) is 1.57. The number of carboxylic acid groups (broad SMARTS) is 1. The van der Waals surface area contributed by atoms with E-state index < -0.39 is 6.09 Å². The van der Waals surface area contributed by atoms with Crippen LogP contribution in [0.4, 0.5) is 4.79 Å². The quantitative estimate of drug-likeness (QED) is 0.700. The van der Waals surface area contributed by atoms with Crippen molar-refractivity contribution in [2.24, 2.45) is 0 Å². The van der Waals surface area contributed by atoms with Crippen LogP contribution in [0.2, 0.25) is 0 Å². The molecule has 2 rings (SSSR count). The summed E-state index contributed by atoms with van der Waals surface area (Å²) < 4.78 is 0. The average Bonchev–Trinajstić information content (AvgIpc) is 2.38. The van der Waals surface area contributed by atoms with Crippen molar-refractivity contribution < 1.29 is 9.90 Å². The number of amides is 1. The highest BCUT2D eigenvalue weighted by molar-refractivity contribution is 5.65. The molecular formula is C13H13N3O2. The largest absolute Gasteiger partial charge is 0.465 e. The van der Waals surface area contributed by atoms with Gasteiger partial charge in [0, 0.05) is 31.1 Å². The molecule has 0 spiro atoms. The highest BCUT2D eigenvalue weighted by Gasteiger charge is 2.14. The Bertz CT molecular complexity index is 538. The second-order valence-electron chi connectivity index (χ2n) is 3.98. The SMILES string of the molecule is Cc1ncc(C#CC2=CCN(C(=O)O)CC2)cn1. The lowest BCUT2D eigenvalue weighted by Gasteiger charge is -2.21. The highest BCUT2D eigenvalue weighted by atomic mass is 16.4. The van der Waals surface area contributed by atoms with E-state index in [1.54, 1.807) is 12.4 Å². The predicted octanol–water partition coefficient (Wildman–Crippen LogP) is 1.45. The van der Waals surface area contributed by atoms with E-state index in [4.69, 9.17) is 5.11 Å². The number of aromatic nitrogens is 2. The molecule has 1 amide bonds. The molecular weight excluding hydrogens is 230 g/mol. The van der Waals surface area contributed by atoms with Gasteiger partial charge in [-0.15, -0.1) is 0 Å². The maximum atomic E-state index is 10.7. The van der Waals surface area contributed by atoms with Crippen LogP contribution in [0.3, 0.4) is 0 Å². The van der Waals surface area contributed by atoms with Crippen LogP contribution in [0.25, 0.3) is 0 Å². The molecule has 1 N–H and O–H groups in total. The number of hydrogen-bond acceptors (Lipinski definition) is 3. The summed E-state index contributed by atoms with van der Waals surface area (Å²) in [7, 11) is 0. The number of rotatable bonds is 0. The van der Waals surface area contributed by atoms with E-state index in [-0.39, 0.29) is 0 Å². The normalized spacial score (nSPS) is 14.5. The summed E-state index contributed by atoms with van der Waals surface area (Å²) in [4.78, 5) is 20.2. The molecule has 5 nitrogen and oxygen atoms in total. The summed E-state index contributed by atoms with van der Waals surface area (Å²) in [5, 5.41) is 8.80. The Morgan fingerprint density at radius 1 is 1.39 bits per heavy atom. The number of hydrogen-bond donors (Lipinski definition) is 1. The second-order valence-corrected chi connectivity index (χ2v) is 3.98. The van der Waals surface area contributed by atoms with Gasteiger partial charge in [-0.05, 0) is 13.3 Å². The van der Waals surface area contributed by atoms with Crippen LogP contribution in [0, 0.1) is 18.8 Å². The van der Waals surface area contributed by atoms with Crippen LogP contribution in [-0.2, 0) is 0 Å². The third-order valence-electron chi connectivity index (χ3n) is 2.63. The Hall–Kier alpha value is -2.35. The Morgan fingerprint density at radius 2 is 2.11 bits per heavy atom. The fourth-order valence-electron chi connectivity index (χ4n) is 1.57. The van der Waals surface area contributed by atoms with Gasteiger partial charge in [-0.1, -0.05) is 17.9 Å². The van der Waals surface area contributed by atoms with Gasteiger partial charge in [-0.25, -0.2) is 14.8 Å². The van der Waals surface area contributed by atoms with Crippen LogP contribution in [0.1, 0.15) is 17.8 Å². The summed E-state index contributed by atoms with van der Waals surface area (Å²) in [6.45, 7) is 2.73. The van der Waals surface area contributed by atoms with E-state index in [0.717, 1.165) is 17.0 Å². The molecule has 2 heterocycles. The fraction of sp³-hybridized carbons (Fsp3) is 0.308. The van der Waals surface area contributed by atoms with Crippen molar-refractivity contribution in [3.63, 3.8) is 0 Å². The van der Waals surface area contributed by atoms with Crippen molar-refractivity contribution in [1.29, 1.82) is 0 Å². The van der Waals surface area contributed by atoms with Crippen LogP contribution in [0.15, 0.2) is 24.0 Å². The summed E-state index contributed by atoms with van der Waals surface area (Å²) in [6.07, 6.45) is 4.99. The molecule has 0 aromatic carbocycles. The van der Waals surface area contributed by atoms with Gasteiger partial charge in [-0.3, -0.25) is 0 Å². The summed E-state index contributed by atoms with van der Waals surface area (Å²) in [5.41, 5.74) is 1.73. The molecule has 0 radical (unpaired) electrons. The van der Waals surface area contributed by atoms with Crippen molar-refractivity contribution >= 4 is 6.09 Å². The molecule has 0 unspecified atom stereocenters. The lowest BCUT2D eigenvalue weighted by molar-refractivity contribution is 0.149. The number of carbonyl (C=O) groups is 1. The lowest BCUT2D eigenvalue weighted by Crippen LogP contribution is -2.33. The Labute approximate surface area is 105 Å². The minimum absolute atomic E-state index is 0.406. The van der Waals surface area contributed by atoms with Gasteiger partial charge in [0.2, 0.25) is 0 Å². The van der Waals surface area contributed by atoms with Gasteiger partial charge in [0.05, 0.1) is 5.56 Å². The third-order valence-corrected chi connectivity index (χ3v) is 2.63. The van der Waals surface area contributed by atoms with Gasteiger partial charge >= 0.3 is 6.09 Å². The molecule has 92 valence electrons. The molecule has 0 aliphatic carbocycles. The molecule has 5 heteroatoms. The van der Waals surface area contributed by atoms with E-state index in [1.165, 1.54) is 4.90 Å². The summed E-state index contributed by atoms with van der Waals surface area (Å²) in [5.74, 6) is 6.72. The minimum atomic E-state index is -0.884. The zero-order valence-corrected chi connectivity index (χ0v) is 10.1. The maximum absolute atomic E-state index is 10.7. The van der Waals surface area contributed by atoms with Crippen molar-refractivity contribution in [2.45, 2.75) is 13.3 Å². The van der Waals surface area contributed by atoms with Crippen molar-refractivity contribution in [2.75, 3.05) is 13.1 Å². The van der Waals surface area contributed by atoms with Crippen molar-refractivity contribution in [3.8, 4) is 11.8 Å². The van der Waals surface area contributed by atoms with E-state index >= 15 is 0 Å². The topological polar surface area (TPSA) is 66.3 Å². The lowest BCUT2D eigenvalue weighted by atomic mass is 10.1. The second kappa shape index (κ2) is 5.32. The first-order chi connectivity index (χ1) is 8.65. The maximum Gasteiger partial charge on any atom is 0.407 e.